The van der Waals surface area contributed by atoms with Crippen molar-refractivity contribution in [3.8, 4) is 10.6 Å². The van der Waals surface area contributed by atoms with E-state index >= 15 is 0 Å². The van der Waals surface area contributed by atoms with Crippen molar-refractivity contribution in [3.05, 3.63) is 50.3 Å². The second kappa shape index (κ2) is 8.91. The largest absolute Gasteiger partial charge is 0.416 e. The fourth-order valence-electron chi connectivity index (χ4n) is 2.88. The van der Waals surface area contributed by atoms with Gasteiger partial charge in [-0.1, -0.05) is 5.11 Å². The van der Waals surface area contributed by atoms with E-state index in [2.05, 4.69) is 15.0 Å². The molecule has 0 radical (unpaired) electrons. The fourth-order valence-corrected chi connectivity index (χ4v) is 3.79. The number of benzene rings is 1. The van der Waals surface area contributed by atoms with Crippen molar-refractivity contribution < 1.29 is 22.6 Å². The van der Waals surface area contributed by atoms with Crippen molar-refractivity contribution in [2.24, 2.45) is 5.11 Å². The molecule has 1 aliphatic heterocycles. The van der Waals surface area contributed by atoms with Crippen LogP contribution in [0.3, 0.4) is 0 Å². The van der Waals surface area contributed by atoms with Crippen LogP contribution in [0.1, 0.15) is 41.0 Å². The predicted molar refractivity (Wildman–Crippen MR) is 98.5 cm³/mol. The van der Waals surface area contributed by atoms with Gasteiger partial charge < -0.3 is 9.47 Å². The monoisotopic (exact) mass is 412 g/mol. The molecule has 1 unspecified atom stereocenters. The summed E-state index contributed by atoms with van der Waals surface area (Å²) < 4.78 is 51.0. The Morgan fingerprint density at radius 2 is 2.18 bits per heavy atom. The predicted octanol–water partition coefficient (Wildman–Crippen LogP) is 5.99. The first kappa shape index (κ1) is 20.6. The van der Waals surface area contributed by atoms with Crippen LogP contribution in [0.25, 0.3) is 21.0 Å². The molecule has 0 amide bonds. The van der Waals surface area contributed by atoms with Crippen molar-refractivity contribution in [2.75, 3.05) is 6.61 Å². The maximum atomic E-state index is 13.2. The Labute approximate surface area is 163 Å². The zero-order chi connectivity index (χ0) is 20.1. The van der Waals surface area contributed by atoms with Crippen molar-refractivity contribution >= 4 is 11.3 Å². The summed E-state index contributed by atoms with van der Waals surface area (Å²) in [5.74, 6) is 0. The first-order chi connectivity index (χ1) is 13.4. The molecule has 1 aromatic heterocycles. The van der Waals surface area contributed by atoms with Crippen LogP contribution < -0.4 is 0 Å². The Bertz CT molecular complexity index is 872. The number of azide groups is 1. The van der Waals surface area contributed by atoms with E-state index in [9.17, 15) is 13.2 Å². The first-order valence-corrected chi connectivity index (χ1v) is 9.60. The minimum absolute atomic E-state index is 0.160. The van der Waals surface area contributed by atoms with E-state index in [0.29, 0.717) is 22.9 Å². The number of aromatic nitrogens is 1. The molecule has 0 saturated carbocycles. The molecular formula is C18H19F3N4O2S. The molecule has 2 heterocycles. The van der Waals surface area contributed by atoms with Gasteiger partial charge in [0.2, 0.25) is 0 Å². The van der Waals surface area contributed by atoms with Gasteiger partial charge >= 0.3 is 6.18 Å². The number of alkyl halides is 3. The first-order valence-electron chi connectivity index (χ1n) is 8.78. The summed E-state index contributed by atoms with van der Waals surface area (Å²) in [4.78, 5) is 7.97. The topological polar surface area (TPSA) is 80.1 Å². The van der Waals surface area contributed by atoms with E-state index in [1.807, 2.05) is 6.92 Å². The van der Waals surface area contributed by atoms with E-state index < -0.39 is 11.7 Å². The van der Waals surface area contributed by atoms with E-state index in [4.69, 9.17) is 15.0 Å². The van der Waals surface area contributed by atoms with Crippen LogP contribution in [-0.2, 0) is 28.8 Å². The summed E-state index contributed by atoms with van der Waals surface area (Å²) in [6, 6.07) is 3.62. The summed E-state index contributed by atoms with van der Waals surface area (Å²) in [6.07, 6.45) is -1.87. The molecule has 2 aromatic rings. The molecule has 0 bridgehead atoms. The van der Waals surface area contributed by atoms with E-state index in [-0.39, 0.29) is 25.0 Å². The van der Waals surface area contributed by atoms with Crippen LogP contribution in [0, 0.1) is 6.92 Å². The maximum Gasteiger partial charge on any atom is 0.416 e. The zero-order valence-electron chi connectivity index (χ0n) is 15.2. The highest BCUT2D eigenvalue weighted by atomic mass is 32.1. The molecule has 1 saturated heterocycles. The summed E-state index contributed by atoms with van der Waals surface area (Å²) in [7, 11) is 0. The van der Waals surface area contributed by atoms with E-state index in [0.717, 1.165) is 36.3 Å². The minimum atomic E-state index is -4.50. The van der Waals surface area contributed by atoms with Gasteiger partial charge in [0.25, 0.3) is 0 Å². The van der Waals surface area contributed by atoms with Crippen molar-refractivity contribution in [2.45, 2.75) is 51.8 Å². The Morgan fingerprint density at radius 1 is 1.36 bits per heavy atom. The molecule has 10 heteroatoms. The van der Waals surface area contributed by atoms with Crippen molar-refractivity contribution in [1.29, 1.82) is 0 Å². The molecule has 1 fully saturated rings. The smallest absolute Gasteiger partial charge is 0.353 e. The van der Waals surface area contributed by atoms with Crippen LogP contribution in [0.15, 0.2) is 23.3 Å². The third-order valence-electron chi connectivity index (χ3n) is 4.32. The number of hydrogen-bond donors (Lipinski definition) is 0. The number of ether oxygens (including phenoxy) is 2. The van der Waals surface area contributed by atoms with Gasteiger partial charge in [-0.2, -0.15) is 13.2 Å². The van der Waals surface area contributed by atoms with Gasteiger partial charge in [0.1, 0.15) is 5.01 Å². The average molecular weight is 412 g/mol. The lowest BCUT2D eigenvalue weighted by molar-refractivity contribution is -0.169. The normalized spacial score (nSPS) is 17.4. The summed E-state index contributed by atoms with van der Waals surface area (Å²) in [5, 5.41) is 3.83. The van der Waals surface area contributed by atoms with Crippen LogP contribution in [-0.4, -0.2) is 17.9 Å². The summed E-state index contributed by atoms with van der Waals surface area (Å²) in [6.45, 7) is 2.62. The SMILES string of the molecule is Cc1sc(-c2cc(CN=[N+]=[N-])cc(C(F)(F)F)c2)nc1COC1CCCCO1. The van der Waals surface area contributed by atoms with Gasteiger partial charge in [-0.3, -0.25) is 0 Å². The molecule has 0 aliphatic carbocycles. The number of halogens is 3. The van der Waals surface area contributed by atoms with Gasteiger partial charge in [0, 0.05) is 22.0 Å². The second-order valence-corrected chi connectivity index (χ2v) is 7.64. The highest BCUT2D eigenvalue weighted by Crippen LogP contribution is 2.36. The molecule has 1 atom stereocenters. The molecular weight excluding hydrogens is 393 g/mol. The molecule has 150 valence electrons. The van der Waals surface area contributed by atoms with E-state index in [1.54, 1.807) is 6.07 Å². The van der Waals surface area contributed by atoms with Crippen molar-refractivity contribution in [3.63, 3.8) is 0 Å². The standard InChI is InChI=1S/C18H19F3N4O2S/c1-11-15(10-27-16-4-2-3-5-26-16)24-17(28-11)13-6-12(9-23-25-22)7-14(8-13)18(19,20)21/h6-8,16H,2-5,9-10H2,1H3. The van der Waals surface area contributed by atoms with Crippen LogP contribution >= 0.6 is 11.3 Å². The third kappa shape index (κ3) is 5.23. The minimum Gasteiger partial charge on any atom is -0.353 e. The molecule has 28 heavy (non-hydrogen) atoms. The number of rotatable bonds is 6. The summed E-state index contributed by atoms with van der Waals surface area (Å²) in [5.41, 5.74) is 8.96. The summed E-state index contributed by atoms with van der Waals surface area (Å²) >= 11 is 1.30. The van der Waals surface area contributed by atoms with Gasteiger partial charge in [0.15, 0.2) is 6.29 Å². The Hall–Kier alpha value is -2.13. The highest BCUT2D eigenvalue weighted by Gasteiger charge is 2.31. The van der Waals surface area contributed by atoms with Gasteiger partial charge in [-0.15, -0.1) is 11.3 Å². The van der Waals surface area contributed by atoms with Gasteiger partial charge in [-0.05, 0) is 55.5 Å². The Morgan fingerprint density at radius 3 is 2.86 bits per heavy atom. The average Bonchev–Trinajstić information content (AvgIpc) is 3.05. The lowest BCUT2D eigenvalue weighted by Gasteiger charge is -2.22. The Kier molecular flexibility index (Phi) is 6.56. The number of nitrogens with zero attached hydrogens (tertiary/aromatic N) is 4. The van der Waals surface area contributed by atoms with Crippen LogP contribution in [0.5, 0.6) is 0 Å². The molecule has 0 N–H and O–H groups in total. The number of thiazole rings is 1. The third-order valence-corrected chi connectivity index (χ3v) is 5.38. The van der Waals surface area contributed by atoms with Crippen molar-refractivity contribution in [1.82, 2.24) is 4.98 Å². The lowest BCUT2D eigenvalue weighted by Crippen LogP contribution is -2.22. The second-order valence-electron chi connectivity index (χ2n) is 6.43. The van der Waals surface area contributed by atoms with Gasteiger partial charge in [-0.25, -0.2) is 4.98 Å². The molecule has 0 spiro atoms. The lowest BCUT2D eigenvalue weighted by atomic mass is 10.1. The quantitative estimate of drug-likeness (QED) is 0.332. The number of aryl methyl sites for hydroxylation is 1. The van der Waals surface area contributed by atoms with Crippen LogP contribution in [0.2, 0.25) is 0 Å². The molecule has 1 aliphatic rings. The van der Waals surface area contributed by atoms with Crippen LogP contribution in [0.4, 0.5) is 13.2 Å². The molecule has 3 rings (SSSR count). The maximum absolute atomic E-state index is 13.2. The fraction of sp³-hybridized carbons (Fsp3) is 0.500. The molecule has 1 aromatic carbocycles. The van der Waals surface area contributed by atoms with E-state index in [1.165, 1.54) is 11.3 Å². The highest BCUT2D eigenvalue weighted by molar-refractivity contribution is 7.15. The Balaban J connectivity index is 1.84. The van der Waals surface area contributed by atoms with Gasteiger partial charge in [0.05, 0.1) is 24.4 Å². The molecule has 6 nitrogen and oxygen atoms in total. The number of hydrogen-bond acceptors (Lipinski definition) is 5. The zero-order valence-corrected chi connectivity index (χ0v) is 16.0.